The zero-order valence-corrected chi connectivity index (χ0v) is 23.0. The molecule has 1 unspecified atom stereocenters. The van der Waals surface area contributed by atoms with Gasteiger partial charge in [0.05, 0.1) is 10.5 Å². The maximum absolute atomic E-state index is 13.7. The summed E-state index contributed by atoms with van der Waals surface area (Å²) >= 11 is 7.19. The Morgan fingerprint density at radius 2 is 1.82 bits per heavy atom. The molecule has 1 aromatic heterocycles. The van der Waals surface area contributed by atoms with Crippen molar-refractivity contribution in [2.24, 2.45) is 0 Å². The first-order valence-electron chi connectivity index (χ1n) is 12.1. The van der Waals surface area contributed by atoms with Crippen molar-refractivity contribution >= 4 is 38.3 Å². The molecule has 0 aliphatic carbocycles. The fourth-order valence-electron chi connectivity index (χ4n) is 5.25. The van der Waals surface area contributed by atoms with Gasteiger partial charge in [0.25, 0.3) is 10.0 Å². The summed E-state index contributed by atoms with van der Waals surface area (Å²) in [5.74, 6) is 0.0215. The maximum atomic E-state index is 13.7. The molecule has 0 saturated carbocycles. The van der Waals surface area contributed by atoms with Crippen molar-refractivity contribution in [1.29, 1.82) is 0 Å². The molecule has 1 saturated heterocycles. The SMILES string of the molecule is CC1(C)CC(c2ccc(C(F)(F)F)cc2C2CCN(Cl)CC2)c2ccc(S(=O)(=O)Nc3nncs3)cc2O1. The monoisotopic (exact) mass is 586 g/mol. The minimum absolute atomic E-state index is 0.00923. The molecule has 5 rings (SSSR count). The first kappa shape index (κ1) is 27.2. The van der Waals surface area contributed by atoms with Crippen LogP contribution in [0.1, 0.15) is 67.2 Å². The Labute approximate surface area is 228 Å². The number of hydrogen-bond donors (Lipinski definition) is 1. The zero-order valence-electron chi connectivity index (χ0n) is 20.6. The molecule has 0 amide bonds. The normalized spacial score (nSPS) is 20.5. The van der Waals surface area contributed by atoms with Crippen LogP contribution in [0.2, 0.25) is 0 Å². The van der Waals surface area contributed by atoms with Gasteiger partial charge in [0.15, 0.2) is 0 Å². The van der Waals surface area contributed by atoms with Crippen LogP contribution in [-0.2, 0) is 16.2 Å². The molecule has 2 aromatic carbocycles. The van der Waals surface area contributed by atoms with Crippen LogP contribution in [0.5, 0.6) is 5.75 Å². The Morgan fingerprint density at radius 3 is 2.47 bits per heavy atom. The lowest BCUT2D eigenvalue weighted by Gasteiger charge is -2.40. The van der Waals surface area contributed by atoms with E-state index in [4.69, 9.17) is 16.5 Å². The molecular formula is C25H26ClF3N4O3S2. The summed E-state index contributed by atoms with van der Waals surface area (Å²) < 4.78 is 77.3. The molecule has 0 bridgehead atoms. The largest absolute Gasteiger partial charge is 0.487 e. The molecule has 0 spiro atoms. The van der Waals surface area contributed by atoms with Crippen molar-refractivity contribution in [3.63, 3.8) is 0 Å². The van der Waals surface area contributed by atoms with Crippen LogP contribution >= 0.6 is 23.1 Å². The number of nitrogens with one attached hydrogen (secondary N) is 1. The van der Waals surface area contributed by atoms with E-state index in [2.05, 4.69) is 14.9 Å². The van der Waals surface area contributed by atoms with Crippen LogP contribution in [0.15, 0.2) is 46.8 Å². The molecule has 1 N–H and O–H groups in total. The van der Waals surface area contributed by atoms with Crippen LogP contribution < -0.4 is 9.46 Å². The molecule has 0 radical (unpaired) electrons. The number of halogens is 4. The van der Waals surface area contributed by atoms with Crippen LogP contribution in [0, 0.1) is 0 Å². The summed E-state index contributed by atoms with van der Waals surface area (Å²) in [5.41, 5.74) is 2.24. The molecular weight excluding hydrogens is 561 g/mol. The molecule has 1 fully saturated rings. The van der Waals surface area contributed by atoms with E-state index in [1.54, 1.807) is 16.6 Å². The van der Waals surface area contributed by atoms with Crippen LogP contribution in [-0.4, -0.2) is 41.7 Å². The number of anilines is 1. The van der Waals surface area contributed by atoms with Gasteiger partial charge in [-0.3, -0.25) is 4.72 Å². The van der Waals surface area contributed by atoms with Crippen LogP contribution in [0.25, 0.3) is 0 Å². The molecule has 1 atom stereocenters. The summed E-state index contributed by atoms with van der Waals surface area (Å²) in [5, 5.41) is 7.51. The minimum atomic E-state index is -4.46. The number of fused-ring (bicyclic) bond motifs is 1. The summed E-state index contributed by atoms with van der Waals surface area (Å²) in [4.78, 5) is -0.00923. The van der Waals surface area contributed by atoms with E-state index in [9.17, 15) is 21.6 Å². The van der Waals surface area contributed by atoms with E-state index in [-0.39, 0.29) is 21.9 Å². The standard InChI is InChI=1S/C25H26ClF3N4O3S2/c1-24(2)13-21(18-5-3-16(25(27,28)29)11-20(18)15-7-9-33(26)10-8-15)19-6-4-17(12-22(19)36-24)38(34,35)32-23-31-30-14-37-23/h3-6,11-12,14-15,21H,7-10,13H2,1-2H3,(H,31,32). The fourth-order valence-corrected chi connectivity index (χ4v) is 7.15. The number of alkyl halides is 3. The highest BCUT2D eigenvalue weighted by molar-refractivity contribution is 7.93. The first-order valence-corrected chi connectivity index (χ1v) is 14.8. The van der Waals surface area contributed by atoms with Crippen molar-refractivity contribution < 1.29 is 26.3 Å². The van der Waals surface area contributed by atoms with Crippen molar-refractivity contribution in [1.82, 2.24) is 14.6 Å². The Kier molecular flexibility index (Phi) is 7.12. The molecule has 3 heterocycles. The van der Waals surface area contributed by atoms with Gasteiger partial charge in [-0.1, -0.05) is 23.5 Å². The molecule has 7 nitrogen and oxygen atoms in total. The van der Waals surface area contributed by atoms with E-state index in [0.717, 1.165) is 28.5 Å². The van der Waals surface area contributed by atoms with Gasteiger partial charge in [-0.25, -0.2) is 12.8 Å². The highest BCUT2D eigenvalue weighted by Crippen LogP contribution is 2.48. The van der Waals surface area contributed by atoms with Crippen molar-refractivity contribution in [3.8, 4) is 5.75 Å². The Balaban J connectivity index is 1.58. The minimum Gasteiger partial charge on any atom is -0.487 e. The second-order valence-corrected chi connectivity index (χ2v) is 13.2. The third kappa shape index (κ3) is 5.63. The number of nitrogens with zero attached hydrogens (tertiary/aromatic N) is 3. The second-order valence-electron chi connectivity index (χ2n) is 10.2. The van der Waals surface area contributed by atoms with Crippen molar-refractivity contribution in [3.05, 3.63) is 64.2 Å². The number of aromatic nitrogens is 2. The van der Waals surface area contributed by atoms with Gasteiger partial charge in [0.1, 0.15) is 16.9 Å². The second kappa shape index (κ2) is 9.96. The van der Waals surface area contributed by atoms with Gasteiger partial charge < -0.3 is 4.74 Å². The van der Waals surface area contributed by atoms with Crippen molar-refractivity contribution in [2.75, 3.05) is 17.8 Å². The van der Waals surface area contributed by atoms with Gasteiger partial charge in [-0.2, -0.15) is 13.2 Å². The zero-order chi connectivity index (χ0) is 27.3. The first-order chi connectivity index (χ1) is 17.8. The molecule has 3 aromatic rings. The predicted molar refractivity (Wildman–Crippen MR) is 139 cm³/mol. The number of sulfonamides is 1. The Morgan fingerprint density at radius 1 is 1.11 bits per heavy atom. The third-order valence-corrected chi connectivity index (χ3v) is 9.41. The van der Waals surface area contributed by atoms with Gasteiger partial charge in [-0.15, -0.1) is 10.2 Å². The number of rotatable bonds is 5. The van der Waals surface area contributed by atoms with Crippen molar-refractivity contribution in [2.45, 2.75) is 61.6 Å². The topological polar surface area (TPSA) is 84.4 Å². The fraction of sp³-hybridized carbons (Fsp3) is 0.440. The summed E-state index contributed by atoms with van der Waals surface area (Å²) in [6.45, 7) is 4.94. The van der Waals surface area contributed by atoms with Gasteiger partial charge in [-0.05, 0) is 80.1 Å². The van der Waals surface area contributed by atoms with Crippen LogP contribution in [0.4, 0.5) is 18.3 Å². The summed E-state index contributed by atoms with van der Waals surface area (Å²) in [6.07, 6.45) is -2.66. The highest BCUT2D eigenvalue weighted by atomic mass is 35.5. The van der Waals surface area contributed by atoms with E-state index >= 15 is 0 Å². The average Bonchev–Trinajstić information content (AvgIpc) is 3.34. The maximum Gasteiger partial charge on any atom is 0.416 e. The van der Waals surface area contributed by atoms with Gasteiger partial charge in [0, 0.05) is 30.6 Å². The Bertz CT molecular complexity index is 1420. The lowest BCUT2D eigenvalue weighted by atomic mass is 9.75. The molecule has 13 heteroatoms. The summed E-state index contributed by atoms with van der Waals surface area (Å²) in [6, 6.07) is 8.60. The van der Waals surface area contributed by atoms with E-state index in [1.165, 1.54) is 23.7 Å². The molecule has 38 heavy (non-hydrogen) atoms. The lowest BCUT2D eigenvalue weighted by Crippen LogP contribution is -2.36. The molecule has 2 aliphatic heterocycles. The predicted octanol–water partition coefficient (Wildman–Crippen LogP) is 6.38. The lowest BCUT2D eigenvalue weighted by molar-refractivity contribution is -0.137. The number of hydrogen-bond acceptors (Lipinski definition) is 7. The molecule has 204 valence electrons. The van der Waals surface area contributed by atoms with E-state index in [0.29, 0.717) is 43.7 Å². The Hall–Kier alpha value is -2.41. The average molecular weight is 587 g/mol. The number of benzene rings is 2. The van der Waals surface area contributed by atoms with Crippen LogP contribution in [0.3, 0.4) is 0 Å². The van der Waals surface area contributed by atoms with Gasteiger partial charge in [0.2, 0.25) is 5.13 Å². The van der Waals surface area contributed by atoms with E-state index in [1.807, 2.05) is 13.8 Å². The van der Waals surface area contributed by atoms with E-state index < -0.39 is 27.4 Å². The smallest absolute Gasteiger partial charge is 0.416 e. The highest BCUT2D eigenvalue weighted by Gasteiger charge is 2.39. The third-order valence-electron chi connectivity index (χ3n) is 7.00. The quantitative estimate of drug-likeness (QED) is 0.349. The number of ether oxygens (including phenoxy) is 1. The summed E-state index contributed by atoms with van der Waals surface area (Å²) in [7, 11) is -3.95. The van der Waals surface area contributed by atoms with Gasteiger partial charge >= 0.3 is 6.18 Å². The number of piperidine rings is 1. The molecule has 2 aliphatic rings.